The summed E-state index contributed by atoms with van der Waals surface area (Å²) in [5.41, 5.74) is 8.86. The molecule has 0 heterocycles. The Morgan fingerprint density at radius 3 is 2.62 bits per heavy atom. The number of hydrogen-bond donors (Lipinski definition) is 2. The second-order valence-electron chi connectivity index (χ2n) is 4.93. The van der Waals surface area contributed by atoms with E-state index in [1.165, 1.54) is 0 Å². The molecule has 5 heteroatoms. The molecule has 21 heavy (non-hydrogen) atoms. The van der Waals surface area contributed by atoms with Crippen LogP contribution in [-0.4, -0.2) is 4.99 Å². The highest BCUT2D eigenvalue weighted by molar-refractivity contribution is 9.10. The molecule has 0 saturated carbocycles. The van der Waals surface area contributed by atoms with Gasteiger partial charge in [0.25, 0.3) is 0 Å². The fourth-order valence-corrected chi connectivity index (χ4v) is 2.57. The molecule has 2 rings (SSSR count). The van der Waals surface area contributed by atoms with Gasteiger partial charge in [0, 0.05) is 21.8 Å². The second kappa shape index (κ2) is 6.54. The van der Waals surface area contributed by atoms with E-state index in [1.807, 2.05) is 31.2 Å². The maximum Gasteiger partial charge on any atom is 0.126 e. The summed E-state index contributed by atoms with van der Waals surface area (Å²) in [6.07, 6.45) is 0. The number of nitrogens with two attached hydrogens (primary N) is 1. The van der Waals surface area contributed by atoms with E-state index >= 15 is 0 Å². The van der Waals surface area contributed by atoms with Crippen LogP contribution in [0, 0.1) is 12.7 Å². The van der Waals surface area contributed by atoms with Crippen molar-refractivity contribution in [3.05, 3.63) is 63.4 Å². The van der Waals surface area contributed by atoms with Gasteiger partial charge in [-0.05, 0) is 49.2 Å². The third-order valence-corrected chi connectivity index (χ3v) is 4.03. The zero-order valence-electron chi connectivity index (χ0n) is 11.8. The molecule has 2 aromatic carbocycles. The fraction of sp³-hybridized carbons (Fsp3) is 0.188. The number of halogens is 2. The first-order valence-electron chi connectivity index (χ1n) is 6.50. The van der Waals surface area contributed by atoms with E-state index in [0.717, 1.165) is 21.3 Å². The van der Waals surface area contributed by atoms with E-state index in [4.69, 9.17) is 18.0 Å². The van der Waals surface area contributed by atoms with Gasteiger partial charge in [-0.1, -0.05) is 40.3 Å². The van der Waals surface area contributed by atoms with Gasteiger partial charge in [-0.2, -0.15) is 0 Å². The summed E-state index contributed by atoms with van der Waals surface area (Å²) in [5, 5.41) is 3.33. The largest absolute Gasteiger partial charge is 0.389 e. The maximum atomic E-state index is 13.7. The maximum absolute atomic E-state index is 13.7. The van der Waals surface area contributed by atoms with Crippen molar-refractivity contribution in [1.82, 2.24) is 0 Å². The number of nitrogens with one attached hydrogen (secondary N) is 1. The van der Waals surface area contributed by atoms with Crippen molar-refractivity contribution in [2.75, 3.05) is 5.32 Å². The highest BCUT2D eigenvalue weighted by Crippen LogP contribution is 2.26. The monoisotopic (exact) mass is 366 g/mol. The Kier molecular flexibility index (Phi) is 4.96. The first-order chi connectivity index (χ1) is 9.88. The lowest BCUT2D eigenvalue weighted by atomic mass is 10.0. The van der Waals surface area contributed by atoms with Crippen LogP contribution >= 0.6 is 28.1 Å². The van der Waals surface area contributed by atoms with Crippen molar-refractivity contribution in [1.29, 1.82) is 0 Å². The number of rotatable bonds is 4. The summed E-state index contributed by atoms with van der Waals surface area (Å²) in [4.78, 5) is 0.320. The predicted octanol–water partition coefficient (Wildman–Crippen LogP) is 4.70. The van der Waals surface area contributed by atoms with Crippen LogP contribution in [0.2, 0.25) is 0 Å². The molecule has 2 aromatic rings. The summed E-state index contributed by atoms with van der Waals surface area (Å²) >= 11 is 8.47. The van der Waals surface area contributed by atoms with Crippen LogP contribution in [0.1, 0.15) is 29.7 Å². The van der Waals surface area contributed by atoms with Crippen LogP contribution in [0.5, 0.6) is 0 Å². The summed E-state index contributed by atoms with van der Waals surface area (Å²) in [6, 6.07) is 10.9. The van der Waals surface area contributed by atoms with E-state index in [9.17, 15) is 4.39 Å². The van der Waals surface area contributed by atoms with E-state index < -0.39 is 0 Å². The normalized spacial score (nSPS) is 12.0. The van der Waals surface area contributed by atoms with Crippen molar-refractivity contribution in [2.45, 2.75) is 19.9 Å². The van der Waals surface area contributed by atoms with E-state index in [-0.39, 0.29) is 11.9 Å². The molecular weight excluding hydrogens is 351 g/mol. The molecule has 1 unspecified atom stereocenters. The first kappa shape index (κ1) is 15.9. The molecule has 0 aromatic heterocycles. The zero-order valence-corrected chi connectivity index (χ0v) is 14.2. The molecule has 0 saturated heterocycles. The van der Waals surface area contributed by atoms with Crippen molar-refractivity contribution >= 4 is 38.8 Å². The first-order valence-corrected chi connectivity index (χ1v) is 7.70. The van der Waals surface area contributed by atoms with Gasteiger partial charge < -0.3 is 11.1 Å². The smallest absolute Gasteiger partial charge is 0.126 e. The summed E-state index contributed by atoms with van der Waals surface area (Å²) < 4.78 is 14.6. The minimum atomic E-state index is -0.202. The Bertz CT molecular complexity index is 688. The van der Waals surface area contributed by atoms with E-state index in [1.54, 1.807) is 19.1 Å². The Hall–Kier alpha value is -1.46. The lowest BCUT2D eigenvalue weighted by Crippen LogP contribution is -2.15. The molecule has 110 valence electrons. The van der Waals surface area contributed by atoms with Crippen molar-refractivity contribution in [2.24, 2.45) is 5.73 Å². The molecule has 0 spiro atoms. The number of aryl methyl sites for hydroxylation is 1. The molecule has 2 nitrogen and oxygen atoms in total. The van der Waals surface area contributed by atoms with Gasteiger partial charge >= 0.3 is 0 Å². The molecule has 0 aliphatic rings. The number of hydrogen-bond acceptors (Lipinski definition) is 2. The number of anilines is 1. The lowest BCUT2D eigenvalue weighted by molar-refractivity contribution is 0.614. The molecule has 1 atom stereocenters. The molecule has 0 aliphatic heterocycles. The Balaban J connectivity index is 2.29. The van der Waals surface area contributed by atoms with Gasteiger partial charge in [0.2, 0.25) is 0 Å². The van der Waals surface area contributed by atoms with Crippen LogP contribution in [0.3, 0.4) is 0 Å². The van der Waals surface area contributed by atoms with Crippen LogP contribution < -0.4 is 11.1 Å². The van der Waals surface area contributed by atoms with Crippen molar-refractivity contribution < 1.29 is 4.39 Å². The fourth-order valence-electron chi connectivity index (χ4n) is 2.04. The average Bonchev–Trinajstić information content (AvgIpc) is 2.43. The lowest BCUT2D eigenvalue weighted by Gasteiger charge is -2.19. The van der Waals surface area contributed by atoms with Gasteiger partial charge in [-0.25, -0.2) is 4.39 Å². The van der Waals surface area contributed by atoms with Crippen LogP contribution in [-0.2, 0) is 0 Å². The summed E-state index contributed by atoms with van der Waals surface area (Å²) in [5.74, 6) is -0.202. The third-order valence-electron chi connectivity index (χ3n) is 3.31. The average molecular weight is 367 g/mol. The van der Waals surface area contributed by atoms with E-state index in [2.05, 4.69) is 21.2 Å². The van der Waals surface area contributed by atoms with Gasteiger partial charge in [-0.3, -0.25) is 0 Å². The predicted molar refractivity (Wildman–Crippen MR) is 93.2 cm³/mol. The topological polar surface area (TPSA) is 38.0 Å². The van der Waals surface area contributed by atoms with Crippen molar-refractivity contribution in [3.8, 4) is 0 Å². The molecular formula is C16H16BrFN2S. The van der Waals surface area contributed by atoms with Gasteiger partial charge in [0.15, 0.2) is 0 Å². The molecule has 0 bridgehead atoms. The number of thiocarbonyl (C=S) groups is 1. The van der Waals surface area contributed by atoms with Crippen LogP contribution in [0.4, 0.5) is 10.1 Å². The third kappa shape index (κ3) is 3.80. The molecule has 0 aliphatic carbocycles. The van der Waals surface area contributed by atoms with Crippen molar-refractivity contribution in [3.63, 3.8) is 0 Å². The Morgan fingerprint density at radius 2 is 2.00 bits per heavy atom. The van der Waals surface area contributed by atoms with Gasteiger partial charge in [-0.15, -0.1) is 0 Å². The zero-order chi connectivity index (χ0) is 15.6. The molecule has 3 N–H and O–H groups in total. The summed E-state index contributed by atoms with van der Waals surface area (Å²) in [6.45, 7) is 3.71. The minimum absolute atomic E-state index is 0.0608. The molecule has 0 amide bonds. The Labute approximate surface area is 137 Å². The van der Waals surface area contributed by atoms with Crippen LogP contribution in [0.15, 0.2) is 40.9 Å². The van der Waals surface area contributed by atoms with Crippen LogP contribution in [0.25, 0.3) is 0 Å². The minimum Gasteiger partial charge on any atom is -0.389 e. The standard InChI is InChI=1S/C16H16BrFN2S/c1-9-3-4-11(7-14(9)18)10(2)20-15-6-5-12(17)8-13(15)16(19)21/h3-8,10,20H,1-2H3,(H2,19,21). The van der Waals surface area contributed by atoms with Gasteiger partial charge in [0.05, 0.1) is 0 Å². The van der Waals surface area contributed by atoms with Gasteiger partial charge in [0.1, 0.15) is 10.8 Å². The summed E-state index contributed by atoms with van der Waals surface area (Å²) in [7, 11) is 0. The number of benzene rings is 2. The quantitative estimate of drug-likeness (QED) is 0.769. The Morgan fingerprint density at radius 1 is 1.29 bits per heavy atom. The molecule has 0 radical (unpaired) electrons. The van der Waals surface area contributed by atoms with E-state index in [0.29, 0.717) is 10.6 Å². The SMILES string of the molecule is Cc1ccc(C(C)Nc2ccc(Br)cc2C(N)=S)cc1F. The highest BCUT2D eigenvalue weighted by atomic mass is 79.9. The highest BCUT2D eigenvalue weighted by Gasteiger charge is 2.11. The second-order valence-corrected chi connectivity index (χ2v) is 6.28. The molecule has 0 fully saturated rings.